The van der Waals surface area contributed by atoms with Gasteiger partial charge in [-0.25, -0.2) is 0 Å². The molecule has 0 fully saturated rings. The lowest BCUT2D eigenvalue weighted by Crippen LogP contribution is -2.06. The first kappa shape index (κ1) is 18.4. The second-order valence-electron chi connectivity index (χ2n) is 5.00. The zero-order chi connectivity index (χ0) is 18.4. The number of nitro benzene ring substituents is 1. The molecule has 0 aliphatic rings. The maximum absolute atomic E-state index is 13.0. The van der Waals surface area contributed by atoms with E-state index in [4.69, 9.17) is 4.74 Å². The summed E-state index contributed by atoms with van der Waals surface area (Å²) < 4.78 is 44.5. The normalized spacial score (nSPS) is 11.7. The summed E-state index contributed by atoms with van der Waals surface area (Å²) in [7, 11) is 0. The molecule has 0 aliphatic heterocycles. The van der Waals surface area contributed by atoms with Crippen molar-refractivity contribution in [3.05, 3.63) is 58.1 Å². The van der Waals surface area contributed by atoms with Crippen molar-refractivity contribution in [2.24, 2.45) is 10.2 Å². The molecule has 0 radical (unpaired) electrons. The van der Waals surface area contributed by atoms with Crippen molar-refractivity contribution in [2.45, 2.75) is 19.5 Å². The summed E-state index contributed by atoms with van der Waals surface area (Å²) in [6.45, 7) is 2.52. The molecular weight excluding hydrogens is 339 g/mol. The molecule has 0 saturated heterocycles. The SMILES string of the molecule is CCCOc1ccc(N=Nc2ccc([N+](=O)[O-])cc2C(F)(F)F)cc1. The smallest absolute Gasteiger partial charge is 0.418 e. The number of hydrogen-bond donors (Lipinski definition) is 0. The fourth-order valence-electron chi connectivity index (χ4n) is 1.89. The first-order chi connectivity index (χ1) is 11.8. The quantitative estimate of drug-likeness (QED) is 0.373. The van der Waals surface area contributed by atoms with Crippen LogP contribution in [-0.4, -0.2) is 11.5 Å². The number of azo groups is 1. The van der Waals surface area contributed by atoms with Gasteiger partial charge in [-0.3, -0.25) is 10.1 Å². The van der Waals surface area contributed by atoms with Crippen LogP contribution in [0.3, 0.4) is 0 Å². The molecule has 2 rings (SSSR count). The van der Waals surface area contributed by atoms with Gasteiger partial charge in [0, 0.05) is 12.1 Å². The third-order valence-electron chi connectivity index (χ3n) is 3.08. The van der Waals surface area contributed by atoms with E-state index in [0.717, 1.165) is 18.6 Å². The maximum Gasteiger partial charge on any atom is 0.418 e. The minimum absolute atomic E-state index is 0.329. The summed E-state index contributed by atoms with van der Waals surface area (Å²) in [5, 5.41) is 18.0. The van der Waals surface area contributed by atoms with Gasteiger partial charge in [-0.1, -0.05) is 6.92 Å². The van der Waals surface area contributed by atoms with E-state index in [2.05, 4.69) is 10.2 Å². The highest BCUT2D eigenvalue weighted by molar-refractivity contribution is 5.53. The van der Waals surface area contributed by atoms with Gasteiger partial charge in [0.25, 0.3) is 5.69 Å². The maximum atomic E-state index is 13.0. The second-order valence-corrected chi connectivity index (χ2v) is 5.00. The van der Waals surface area contributed by atoms with Crippen LogP contribution in [0.15, 0.2) is 52.7 Å². The van der Waals surface area contributed by atoms with Gasteiger partial charge in [-0.15, -0.1) is 5.11 Å². The van der Waals surface area contributed by atoms with E-state index in [1.54, 1.807) is 24.3 Å². The van der Waals surface area contributed by atoms with Crippen molar-refractivity contribution in [3.8, 4) is 5.75 Å². The van der Waals surface area contributed by atoms with Gasteiger partial charge in [0.15, 0.2) is 0 Å². The Hall–Kier alpha value is -2.97. The lowest BCUT2D eigenvalue weighted by Gasteiger charge is -2.08. The Balaban J connectivity index is 2.26. The van der Waals surface area contributed by atoms with Crippen molar-refractivity contribution in [1.29, 1.82) is 0 Å². The van der Waals surface area contributed by atoms with E-state index in [9.17, 15) is 23.3 Å². The third kappa shape index (κ3) is 5.00. The van der Waals surface area contributed by atoms with Crippen molar-refractivity contribution < 1.29 is 22.8 Å². The fourth-order valence-corrected chi connectivity index (χ4v) is 1.89. The van der Waals surface area contributed by atoms with Gasteiger partial charge >= 0.3 is 6.18 Å². The van der Waals surface area contributed by atoms with E-state index in [1.807, 2.05) is 6.92 Å². The van der Waals surface area contributed by atoms with Crippen molar-refractivity contribution in [1.82, 2.24) is 0 Å². The van der Waals surface area contributed by atoms with E-state index in [-0.39, 0.29) is 0 Å². The van der Waals surface area contributed by atoms with E-state index in [1.165, 1.54) is 0 Å². The molecule has 6 nitrogen and oxygen atoms in total. The van der Waals surface area contributed by atoms with E-state index >= 15 is 0 Å². The van der Waals surface area contributed by atoms with Gasteiger partial charge < -0.3 is 4.74 Å². The van der Waals surface area contributed by atoms with Gasteiger partial charge in [0.2, 0.25) is 0 Å². The standard InChI is InChI=1S/C16H14F3N3O3/c1-2-9-25-13-6-3-11(4-7-13)20-21-15-8-5-12(22(23)24)10-14(15)16(17,18)19/h3-8,10H,2,9H2,1H3. The number of alkyl halides is 3. The first-order valence-corrected chi connectivity index (χ1v) is 7.31. The van der Waals surface area contributed by atoms with Gasteiger partial charge in [-0.05, 0) is 36.8 Å². The molecule has 0 aromatic heterocycles. The second kappa shape index (κ2) is 7.73. The molecule has 0 amide bonds. The van der Waals surface area contributed by atoms with Crippen molar-refractivity contribution in [2.75, 3.05) is 6.61 Å². The molecule has 25 heavy (non-hydrogen) atoms. The first-order valence-electron chi connectivity index (χ1n) is 7.31. The topological polar surface area (TPSA) is 77.1 Å². The Morgan fingerprint density at radius 1 is 1.12 bits per heavy atom. The molecule has 0 N–H and O–H groups in total. The van der Waals surface area contributed by atoms with Crippen LogP contribution in [0.1, 0.15) is 18.9 Å². The highest BCUT2D eigenvalue weighted by Crippen LogP contribution is 2.39. The van der Waals surface area contributed by atoms with Crippen LogP contribution in [0.5, 0.6) is 5.75 Å². The Bertz CT molecular complexity index is 774. The van der Waals surface area contributed by atoms with Crippen molar-refractivity contribution in [3.63, 3.8) is 0 Å². The van der Waals surface area contributed by atoms with Crippen LogP contribution in [0.25, 0.3) is 0 Å². The Kier molecular flexibility index (Phi) is 5.68. The molecule has 9 heteroatoms. The molecule has 0 aliphatic carbocycles. The molecule has 0 heterocycles. The number of nitrogens with zero attached hydrogens (tertiary/aromatic N) is 3. The number of non-ortho nitro benzene ring substituents is 1. The van der Waals surface area contributed by atoms with Gasteiger partial charge in [0.1, 0.15) is 5.75 Å². The monoisotopic (exact) mass is 353 g/mol. The summed E-state index contributed by atoms with van der Waals surface area (Å²) >= 11 is 0. The average Bonchev–Trinajstić information content (AvgIpc) is 2.58. The summed E-state index contributed by atoms with van der Waals surface area (Å²) in [6.07, 6.45) is -3.93. The molecule has 0 spiro atoms. The highest BCUT2D eigenvalue weighted by Gasteiger charge is 2.35. The molecular formula is C16H14F3N3O3. The lowest BCUT2D eigenvalue weighted by molar-refractivity contribution is -0.385. The minimum atomic E-state index is -4.78. The number of halogens is 3. The molecule has 2 aromatic rings. The Morgan fingerprint density at radius 3 is 2.36 bits per heavy atom. The molecule has 0 saturated carbocycles. The number of rotatable bonds is 6. The van der Waals surface area contributed by atoms with E-state index in [0.29, 0.717) is 24.1 Å². The van der Waals surface area contributed by atoms with E-state index < -0.39 is 28.0 Å². The molecule has 0 atom stereocenters. The number of ether oxygens (including phenoxy) is 1. The summed E-state index contributed by atoms with van der Waals surface area (Å²) in [4.78, 5) is 9.75. The third-order valence-corrected chi connectivity index (χ3v) is 3.08. The van der Waals surface area contributed by atoms with Gasteiger partial charge in [-0.2, -0.15) is 18.3 Å². The molecule has 0 unspecified atom stereocenters. The van der Waals surface area contributed by atoms with Crippen LogP contribution in [0.4, 0.5) is 30.2 Å². The fraction of sp³-hybridized carbons (Fsp3) is 0.250. The largest absolute Gasteiger partial charge is 0.494 e. The number of benzene rings is 2. The molecule has 132 valence electrons. The summed E-state index contributed by atoms with van der Waals surface area (Å²) in [5.41, 5.74) is -2.04. The van der Waals surface area contributed by atoms with Crippen LogP contribution in [0, 0.1) is 10.1 Å². The van der Waals surface area contributed by atoms with Crippen molar-refractivity contribution >= 4 is 17.1 Å². The Labute approximate surface area is 141 Å². The van der Waals surface area contributed by atoms with Crippen LogP contribution in [-0.2, 0) is 6.18 Å². The Morgan fingerprint density at radius 2 is 1.80 bits per heavy atom. The summed E-state index contributed by atoms with van der Waals surface area (Å²) in [5.74, 6) is 0.618. The highest BCUT2D eigenvalue weighted by atomic mass is 19.4. The van der Waals surface area contributed by atoms with Crippen LogP contribution >= 0.6 is 0 Å². The van der Waals surface area contributed by atoms with Gasteiger partial charge in [0.05, 0.1) is 28.5 Å². The van der Waals surface area contributed by atoms with Crippen LogP contribution in [0.2, 0.25) is 0 Å². The van der Waals surface area contributed by atoms with Crippen LogP contribution < -0.4 is 4.74 Å². The number of hydrogen-bond acceptors (Lipinski definition) is 5. The summed E-state index contributed by atoms with van der Waals surface area (Å²) in [6, 6.07) is 8.67. The predicted octanol–water partition coefficient (Wildman–Crippen LogP) is 5.82. The zero-order valence-electron chi connectivity index (χ0n) is 13.2. The lowest BCUT2D eigenvalue weighted by atomic mass is 10.1. The zero-order valence-corrected chi connectivity index (χ0v) is 13.2. The minimum Gasteiger partial charge on any atom is -0.494 e. The predicted molar refractivity (Wildman–Crippen MR) is 84.5 cm³/mol. The average molecular weight is 353 g/mol. The molecule has 0 bridgehead atoms. The number of nitro groups is 1. The molecule has 2 aromatic carbocycles.